The summed E-state index contributed by atoms with van der Waals surface area (Å²) < 4.78 is 26.4. The number of carbonyl (C=O) groups is 4. The molecule has 0 aromatic heterocycles. The Labute approximate surface area is 246 Å². The second kappa shape index (κ2) is 18.3. The number of unbranched alkanes of at least 4 members (excludes halogenated alkanes) is 4. The Morgan fingerprint density at radius 3 is 1.93 bits per heavy atom. The van der Waals surface area contributed by atoms with Gasteiger partial charge in [0.1, 0.15) is 12.1 Å². The molecule has 0 aliphatic rings. The van der Waals surface area contributed by atoms with Gasteiger partial charge in [-0.3, -0.25) is 4.79 Å². The van der Waals surface area contributed by atoms with Crippen molar-refractivity contribution in [2.24, 2.45) is 5.73 Å². The van der Waals surface area contributed by atoms with E-state index in [4.69, 9.17) is 29.4 Å². The van der Waals surface area contributed by atoms with Crippen LogP contribution < -0.4 is 15.2 Å². The van der Waals surface area contributed by atoms with Crippen molar-refractivity contribution < 1.29 is 48.0 Å². The van der Waals surface area contributed by atoms with Gasteiger partial charge in [0, 0.05) is 5.92 Å². The summed E-state index contributed by atoms with van der Waals surface area (Å²) in [6.45, 7) is 5.95. The minimum absolute atomic E-state index is 0.0343. The molecule has 2 unspecified atom stereocenters. The van der Waals surface area contributed by atoms with Gasteiger partial charge in [0.15, 0.2) is 11.5 Å². The van der Waals surface area contributed by atoms with E-state index in [2.05, 4.69) is 0 Å². The molecule has 42 heavy (non-hydrogen) atoms. The van der Waals surface area contributed by atoms with Crippen LogP contribution in [0.4, 0.5) is 9.59 Å². The number of rotatable bonds is 17. The van der Waals surface area contributed by atoms with Crippen molar-refractivity contribution in [2.45, 2.75) is 83.8 Å². The summed E-state index contributed by atoms with van der Waals surface area (Å²) in [6.07, 6.45) is 2.24. The number of carboxylic acid groups (broad SMARTS) is 1. The number of hydrogen-bond acceptors (Lipinski definition) is 10. The Kier molecular flexibility index (Phi) is 14.9. The number of esters is 1. The highest BCUT2D eigenvalue weighted by Gasteiger charge is 2.30. The molecular formula is C31H41NO10. The molecule has 2 aromatic rings. The standard InChI is InChI=1S/C31H41NO10/c1-4-6-11-17-38-30(36)41-25-16-15-23(20-26(25)42-31(37)39-18-12-7-5-2)24(27(32)28(33)34)19-21(3)40-29(35)22-13-9-8-10-14-22/h8-10,13-16,20-21,24,27H,4-7,11-12,17-19,32H2,1-3H3,(H,33,34)/t21?,24?,27-/m0/s1. The first-order valence-corrected chi connectivity index (χ1v) is 14.2. The van der Waals surface area contributed by atoms with Crippen LogP contribution in [0.3, 0.4) is 0 Å². The zero-order valence-electron chi connectivity index (χ0n) is 24.4. The van der Waals surface area contributed by atoms with Gasteiger partial charge in [-0.2, -0.15) is 0 Å². The molecule has 11 nitrogen and oxygen atoms in total. The van der Waals surface area contributed by atoms with Gasteiger partial charge in [-0.15, -0.1) is 0 Å². The minimum atomic E-state index is -1.40. The number of nitrogens with two attached hydrogens (primary N) is 1. The lowest BCUT2D eigenvalue weighted by Crippen LogP contribution is -2.38. The second-order valence-electron chi connectivity index (χ2n) is 9.81. The van der Waals surface area contributed by atoms with Crippen LogP contribution in [0.25, 0.3) is 0 Å². The summed E-state index contributed by atoms with van der Waals surface area (Å²) in [5.41, 5.74) is 6.75. The van der Waals surface area contributed by atoms with E-state index in [0.29, 0.717) is 24.0 Å². The van der Waals surface area contributed by atoms with Crippen LogP contribution in [0.1, 0.15) is 87.6 Å². The van der Waals surface area contributed by atoms with Gasteiger partial charge in [0.25, 0.3) is 0 Å². The maximum absolute atomic E-state index is 12.5. The molecule has 230 valence electrons. The molecule has 0 radical (unpaired) electrons. The predicted molar refractivity (Wildman–Crippen MR) is 154 cm³/mol. The van der Waals surface area contributed by atoms with E-state index >= 15 is 0 Å². The first-order chi connectivity index (χ1) is 20.2. The van der Waals surface area contributed by atoms with E-state index in [1.807, 2.05) is 13.8 Å². The van der Waals surface area contributed by atoms with Crippen LogP contribution in [0, 0.1) is 0 Å². The third-order valence-corrected chi connectivity index (χ3v) is 6.34. The molecule has 11 heteroatoms. The van der Waals surface area contributed by atoms with Crippen molar-refractivity contribution in [3.63, 3.8) is 0 Å². The molecule has 2 rings (SSSR count). The molecule has 0 saturated carbocycles. The highest BCUT2D eigenvalue weighted by atomic mass is 16.7. The van der Waals surface area contributed by atoms with Crippen LogP contribution in [0.5, 0.6) is 11.5 Å². The zero-order chi connectivity index (χ0) is 30.9. The number of carboxylic acids is 1. The van der Waals surface area contributed by atoms with Crippen LogP contribution >= 0.6 is 0 Å². The van der Waals surface area contributed by atoms with Gasteiger partial charge in [-0.05, 0) is 56.0 Å². The zero-order valence-corrected chi connectivity index (χ0v) is 24.4. The topological polar surface area (TPSA) is 161 Å². The van der Waals surface area contributed by atoms with Crippen molar-refractivity contribution in [1.82, 2.24) is 0 Å². The van der Waals surface area contributed by atoms with E-state index in [1.54, 1.807) is 37.3 Å². The van der Waals surface area contributed by atoms with Crippen LogP contribution in [0.2, 0.25) is 0 Å². The molecule has 3 N–H and O–H groups in total. The van der Waals surface area contributed by atoms with Gasteiger partial charge >= 0.3 is 24.2 Å². The summed E-state index contributed by atoms with van der Waals surface area (Å²) in [5.74, 6) is -3.04. The number of ether oxygens (including phenoxy) is 5. The average Bonchev–Trinajstić information content (AvgIpc) is 2.97. The van der Waals surface area contributed by atoms with E-state index in [0.717, 1.165) is 25.7 Å². The highest BCUT2D eigenvalue weighted by molar-refractivity contribution is 5.89. The van der Waals surface area contributed by atoms with Crippen molar-refractivity contribution in [1.29, 1.82) is 0 Å². The first kappa shape index (κ1) is 34.1. The fourth-order valence-electron chi connectivity index (χ4n) is 4.07. The number of aliphatic carboxylic acids is 1. The number of benzene rings is 2. The second-order valence-corrected chi connectivity index (χ2v) is 9.81. The van der Waals surface area contributed by atoms with Crippen molar-refractivity contribution in [3.05, 3.63) is 59.7 Å². The SMILES string of the molecule is CCCCCOC(=O)Oc1ccc(C(CC(C)OC(=O)c2ccccc2)[C@H](N)C(=O)O)cc1OC(=O)OCCCCC. The van der Waals surface area contributed by atoms with Gasteiger partial charge in [-0.25, -0.2) is 14.4 Å². The average molecular weight is 588 g/mol. The molecule has 0 aliphatic carbocycles. The van der Waals surface area contributed by atoms with Gasteiger partial charge in [0.05, 0.1) is 18.8 Å². The van der Waals surface area contributed by atoms with Gasteiger partial charge in [0.2, 0.25) is 0 Å². The van der Waals surface area contributed by atoms with Gasteiger partial charge in [-0.1, -0.05) is 63.8 Å². The normalized spacial score (nSPS) is 12.9. The summed E-state index contributed by atoms with van der Waals surface area (Å²) in [4.78, 5) is 49.1. The molecule has 0 spiro atoms. The molecule has 0 aliphatic heterocycles. The summed E-state index contributed by atoms with van der Waals surface area (Å²) in [5, 5.41) is 9.71. The largest absolute Gasteiger partial charge is 0.513 e. The monoisotopic (exact) mass is 587 g/mol. The molecule has 0 saturated heterocycles. The van der Waals surface area contributed by atoms with Crippen LogP contribution in [0.15, 0.2) is 48.5 Å². The van der Waals surface area contributed by atoms with E-state index < -0.39 is 42.3 Å². The van der Waals surface area contributed by atoms with E-state index in [9.17, 15) is 24.3 Å². The predicted octanol–water partition coefficient (Wildman–Crippen LogP) is 6.23. The fraction of sp³-hybridized carbons (Fsp3) is 0.484. The molecule has 0 bridgehead atoms. The van der Waals surface area contributed by atoms with Crippen LogP contribution in [-0.2, 0) is 19.0 Å². The Bertz CT molecular complexity index is 1150. The fourth-order valence-corrected chi connectivity index (χ4v) is 4.07. The molecule has 0 heterocycles. The van der Waals surface area contributed by atoms with E-state index in [1.165, 1.54) is 18.2 Å². The minimum Gasteiger partial charge on any atom is -0.480 e. The lowest BCUT2D eigenvalue weighted by Gasteiger charge is -2.25. The Hall–Kier alpha value is -4.12. The van der Waals surface area contributed by atoms with E-state index in [-0.39, 0.29) is 31.1 Å². The Morgan fingerprint density at radius 2 is 1.38 bits per heavy atom. The lowest BCUT2D eigenvalue weighted by atomic mass is 9.87. The maximum Gasteiger partial charge on any atom is 0.513 e. The van der Waals surface area contributed by atoms with Crippen molar-refractivity contribution in [3.8, 4) is 11.5 Å². The molecule has 0 amide bonds. The Morgan fingerprint density at radius 1 is 0.810 bits per heavy atom. The maximum atomic E-state index is 12.5. The number of carbonyl (C=O) groups excluding carboxylic acids is 3. The summed E-state index contributed by atoms with van der Waals surface area (Å²) in [7, 11) is 0. The van der Waals surface area contributed by atoms with Crippen molar-refractivity contribution in [2.75, 3.05) is 13.2 Å². The third-order valence-electron chi connectivity index (χ3n) is 6.34. The highest BCUT2D eigenvalue weighted by Crippen LogP contribution is 2.35. The van der Waals surface area contributed by atoms with Gasteiger partial charge < -0.3 is 34.5 Å². The summed E-state index contributed by atoms with van der Waals surface area (Å²) in [6, 6.07) is 11.2. The third kappa shape index (κ3) is 11.8. The smallest absolute Gasteiger partial charge is 0.480 e. The molecule has 0 fully saturated rings. The lowest BCUT2D eigenvalue weighted by molar-refractivity contribution is -0.139. The molecule has 2 aromatic carbocycles. The van der Waals surface area contributed by atoms with Crippen molar-refractivity contribution >= 4 is 24.2 Å². The quantitative estimate of drug-likeness (QED) is 0.0934. The first-order valence-electron chi connectivity index (χ1n) is 14.2. The number of hydrogen-bond donors (Lipinski definition) is 2. The molecule has 3 atom stereocenters. The summed E-state index contributed by atoms with van der Waals surface area (Å²) >= 11 is 0. The Balaban J connectivity index is 2.29. The van der Waals surface area contributed by atoms with Crippen LogP contribution in [-0.4, -0.2) is 54.7 Å². The molecular weight excluding hydrogens is 546 g/mol.